The minimum absolute atomic E-state index is 0.0213. The lowest BCUT2D eigenvalue weighted by atomic mass is 9.95. The summed E-state index contributed by atoms with van der Waals surface area (Å²) >= 11 is 0. The molecule has 7 heteroatoms. The molecule has 4 rings (SSSR count). The zero-order chi connectivity index (χ0) is 20.5. The first-order valence-corrected chi connectivity index (χ1v) is 9.40. The molecule has 2 N–H and O–H groups in total. The van der Waals surface area contributed by atoms with Crippen LogP contribution in [0, 0.1) is 5.82 Å². The molecule has 0 aromatic heterocycles. The fourth-order valence-corrected chi connectivity index (χ4v) is 3.88. The van der Waals surface area contributed by atoms with Crippen molar-refractivity contribution in [3.63, 3.8) is 0 Å². The second-order valence-corrected chi connectivity index (χ2v) is 7.19. The number of amides is 1. The highest BCUT2D eigenvalue weighted by Gasteiger charge is 2.47. The third-order valence-electron chi connectivity index (χ3n) is 5.27. The first-order valence-electron chi connectivity index (χ1n) is 9.40. The lowest BCUT2D eigenvalue weighted by molar-refractivity contribution is -0.140. The van der Waals surface area contributed by atoms with Crippen LogP contribution in [-0.2, 0) is 14.3 Å². The number of hydrogen-bond donors (Lipinski definition) is 2. The predicted molar refractivity (Wildman–Crippen MR) is 102 cm³/mol. The zero-order valence-electron chi connectivity index (χ0n) is 15.5. The van der Waals surface area contributed by atoms with Crippen molar-refractivity contribution >= 4 is 17.4 Å². The number of Topliss-reactive ketones (excluding diaryl/α,β-unsaturated/α-hetero) is 1. The Morgan fingerprint density at radius 1 is 1.17 bits per heavy atom. The molecule has 29 heavy (non-hydrogen) atoms. The lowest BCUT2D eigenvalue weighted by Gasteiger charge is -2.27. The van der Waals surface area contributed by atoms with Crippen LogP contribution in [0.1, 0.15) is 30.0 Å². The van der Waals surface area contributed by atoms with Gasteiger partial charge in [-0.05, 0) is 54.8 Å². The second kappa shape index (κ2) is 7.67. The number of hydrogen-bond acceptors (Lipinski definition) is 5. The number of aliphatic hydroxyl groups is 1. The van der Waals surface area contributed by atoms with Gasteiger partial charge in [0.15, 0.2) is 0 Å². The van der Waals surface area contributed by atoms with Crippen molar-refractivity contribution in [2.45, 2.75) is 25.0 Å². The Labute approximate surface area is 166 Å². The van der Waals surface area contributed by atoms with Gasteiger partial charge in [0.05, 0.1) is 17.7 Å². The van der Waals surface area contributed by atoms with Gasteiger partial charge in [-0.15, -0.1) is 0 Å². The zero-order valence-corrected chi connectivity index (χ0v) is 15.5. The molecule has 2 heterocycles. The number of aromatic hydroxyl groups is 1. The Bertz CT molecular complexity index is 979. The number of carbonyl (C=O) groups is 2. The summed E-state index contributed by atoms with van der Waals surface area (Å²) in [5.74, 6) is -2.45. The van der Waals surface area contributed by atoms with Gasteiger partial charge < -0.3 is 19.8 Å². The van der Waals surface area contributed by atoms with Crippen LogP contribution >= 0.6 is 0 Å². The smallest absolute Gasteiger partial charge is 0.295 e. The third-order valence-corrected chi connectivity index (χ3v) is 5.27. The van der Waals surface area contributed by atoms with Crippen molar-refractivity contribution in [3.05, 3.63) is 71.0 Å². The van der Waals surface area contributed by atoms with Gasteiger partial charge in [0.1, 0.15) is 17.3 Å². The summed E-state index contributed by atoms with van der Waals surface area (Å²) in [6.45, 7) is 0.798. The number of carbonyl (C=O) groups excluding carboxylic acids is 2. The van der Waals surface area contributed by atoms with Gasteiger partial charge in [0.25, 0.3) is 11.7 Å². The molecule has 2 saturated heterocycles. The van der Waals surface area contributed by atoms with E-state index in [0.717, 1.165) is 12.8 Å². The molecule has 0 aliphatic carbocycles. The summed E-state index contributed by atoms with van der Waals surface area (Å²) in [4.78, 5) is 27.0. The Kier molecular flexibility index (Phi) is 5.07. The molecule has 2 unspecified atom stereocenters. The molecule has 2 aromatic rings. The molecule has 2 aromatic carbocycles. The van der Waals surface area contributed by atoms with E-state index < -0.39 is 23.5 Å². The minimum atomic E-state index is -0.878. The number of nitrogens with zero attached hydrogens (tertiary/aromatic N) is 1. The van der Waals surface area contributed by atoms with Crippen LogP contribution in [0.3, 0.4) is 0 Å². The van der Waals surface area contributed by atoms with Gasteiger partial charge in [-0.3, -0.25) is 9.59 Å². The van der Waals surface area contributed by atoms with E-state index in [1.807, 2.05) is 0 Å². The van der Waals surface area contributed by atoms with Crippen molar-refractivity contribution < 1.29 is 28.9 Å². The predicted octanol–water partition coefficient (Wildman–Crippen LogP) is 3.13. The standard InChI is InChI=1S/C22H20FNO5/c23-15-8-6-13(7-9-15)20(26)18-19(14-3-1-4-16(25)11-14)24(22(28)21(18)27)12-17-5-2-10-29-17/h1,3-4,6-9,11,17,19,25-26H,2,5,10,12H2. The summed E-state index contributed by atoms with van der Waals surface area (Å²) in [6.07, 6.45) is 1.45. The number of benzene rings is 2. The highest BCUT2D eigenvalue weighted by atomic mass is 19.1. The van der Waals surface area contributed by atoms with Gasteiger partial charge in [-0.25, -0.2) is 4.39 Å². The number of ketones is 1. The normalized spacial score (nSPS) is 23.7. The maximum Gasteiger partial charge on any atom is 0.295 e. The molecule has 0 saturated carbocycles. The molecule has 6 nitrogen and oxygen atoms in total. The first kappa shape index (κ1) is 19.1. The molecular formula is C22H20FNO5. The highest BCUT2D eigenvalue weighted by molar-refractivity contribution is 6.46. The first-order chi connectivity index (χ1) is 14.0. The summed E-state index contributed by atoms with van der Waals surface area (Å²) < 4.78 is 18.9. The Morgan fingerprint density at radius 3 is 2.59 bits per heavy atom. The molecule has 0 spiro atoms. The molecule has 1 amide bonds. The lowest BCUT2D eigenvalue weighted by Crippen LogP contribution is -2.36. The Balaban J connectivity index is 1.83. The van der Waals surface area contributed by atoms with E-state index in [0.29, 0.717) is 12.2 Å². The van der Waals surface area contributed by atoms with Gasteiger partial charge in [0, 0.05) is 18.7 Å². The van der Waals surface area contributed by atoms with Crippen molar-refractivity contribution in [2.24, 2.45) is 0 Å². The van der Waals surface area contributed by atoms with Crippen molar-refractivity contribution in [2.75, 3.05) is 13.2 Å². The number of phenols is 1. The quantitative estimate of drug-likeness (QED) is 0.470. The van der Waals surface area contributed by atoms with Gasteiger partial charge in [-0.2, -0.15) is 0 Å². The van der Waals surface area contributed by atoms with Crippen LogP contribution in [0.25, 0.3) is 5.76 Å². The van der Waals surface area contributed by atoms with E-state index in [2.05, 4.69) is 0 Å². The van der Waals surface area contributed by atoms with E-state index in [4.69, 9.17) is 4.74 Å². The van der Waals surface area contributed by atoms with Crippen molar-refractivity contribution in [1.29, 1.82) is 0 Å². The summed E-state index contributed by atoms with van der Waals surface area (Å²) in [7, 11) is 0. The molecule has 2 aliphatic rings. The summed E-state index contributed by atoms with van der Waals surface area (Å²) in [5, 5.41) is 20.8. The van der Waals surface area contributed by atoms with E-state index in [-0.39, 0.29) is 35.3 Å². The molecule has 0 radical (unpaired) electrons. The second-order valence-electron chi connectivity index (χ2n) is 7.19. The van der Waals surface area contributed by atoms with Crippen LogP contribution in [0.4, 0.5) is 4.39 Å². The Morgan fingerprint density at radius 2 is 1.93 bits per heavy atom. The topological polar surface area (TPSA) is 87.1 Å². The van der Waals surface area contributed by atoms with E-state index in [1.54, 1.807) is 12.1 Å². The van der Waals surface area contributed by atoms with E-state index in [1.165, 1.54) is 41.3 Å². The van der Waals surface area contributed by atoms with Crippen LogP contribution in [0.15, 0.2) is 54.1 Å². The molecule has 2 aliphatic heterocycles. The Hall–Kier alpha value is -3.19. The van der Waals surface area contributed by atoms with E-state index >= 15 is 0 Å². The number of halogens is 1. The molecule has 150 valence electrons. The molecule has 2 atom stereocenters. The van der Waals surface area contributed by atoms with Crippen LogP contribution < -0.4 is 0 Å². The van der Waals surface area contributed by atoms with Crippen LogP contribution in [0.5, 0.6) is 5.75 Å². The van der Waals surface area contributed by atoms with Crippen LogP contribution in [-0.4, -0.2) is 46.1 Å². The number of rotatable bonds is 4. The average molecular weight is 397 g/mol. The average Bonchev–Trinajstić information content (AvgIpc) is 3.30. The fraction of sp³-hybridized carbons (Fsp3) is 0.273. The SMILES string of the molecule is O=C1C(=O)N(CC2CCCO2)C(c2cccc(O)c2)C1=C(O)c1ccc(F)cc1. The fourth-order valence-electron chi connectivity index (χ4n) is 3.88. The van der Waals surface area contributed by atoms with Crippen molar-refractivity contribution in [3.8, 4) is 5.75 Å². The summed E-state index contributed by atoms with van der Waals surface area (Å²) in [5.41, 5.74) is 0.628. The number of phenolic OH excluding ortho intramolecular Hbond substituents is 1. The molecule has 2 fully saturated rings. The van der Waals surface area contributed by atoms with Gasteiger partial charge >= 0.3 is 0 Å². The van der Waals surface area contributed by atoms with E-state index in [9.17, 15) is 24.2 Å². The number of aliphatic hydroxyl groups excluding tert-OH is 1. The molecule has 0 bridgehead atoms. The number of likely N-dealkylation sites (tertiary alicyclic amines) is 1. The monoisotopic (exact) mass is 397 g/mol. The largest absolute Gasteiger partial charge is 0.508 e. The maximum atomic E-state index is 13.3. The van der Waals surface area contributed by atoms with Gasteiger partial charge in [0.2, 0.25) is 0 Å². The molecular weight excluding hydrogens is 377 g/mol. The minimum Gasteiger partial charge on any atom is -0.508 e. The van der Waals surface area contributed by atoms with Crippen LogP contribution in [0.2, 0.25) is 0 Å². The van der Waals surface area contributed by atoms with Gasteiger partial charge in [-0.1, -0.05) is 12.1 Å². The highest BCUT2D eigenvalue weighted by Crippen LogP contribution is 2.40. The number of ether oxygens (including phenoxy) is 1. The van der Waals surface area contributed by atoms with Crippen molar-refractivity contribution in [1.82, 2.24) is 4.90 Å². The summed E-state index contributed by atoms with van der Waals surface area (Å²) in [6, 6.07) is 10.4. The third kappa shape index (κ3) is 3.61. The maximum absolute atomic E-state index is 13.3.